The highest BCUT2D eigenvalue weighted by molar-refractivity contribution is 5.96. The Kier molecular flexibility index (Phi) is 4.76. The number of nitrogens with zero attached hydrogens (tertiary/aromatic N) is 2. The van der Waals surface area contributed by atoms with Crippen LogP contribution in [-0.4, -0.2) is 42.2 Å². The zero-order chi connectivity index (χ0) is 13.7. The zero-order valence-corrected chi connectivity index (χ0v) is 11.2. The summed E-state index contributed by atoms with van der Waals surface area (Å²) in [7, 11) is 2.15. The third-order valence-electron chi connectivity index (χ3n) is 3.60. The molecule has 0 amide bonds. The number of amidine groups is 1. The number of rotatable bonds is 4. The van der Waals surface area contributed by atoms with E-state index in [0.29, 0.717) is 6.04 Å². The highest BCUT2D eigenvalue weighted by Gasteiger charge is 2.18. The molecule has 0 bridgehead atoms. The van der Waals surface area contributed by atoms with Gasteiger partial charge in [0, 0.05) is 31.4 Å². The van der Waals surface area contributed by atoms with E-state index in [2.05, 4.69) is 17.1 Å². The number of benzene rings is 1. The van der Waals surface area contributed by atoms with Crippen LogP contribution >= 0.6 is 0 Å². The molecule has 1 aliphatic heterocycles. The Morgan fingerprint density at radius 1 is 1.37 bits per heavy atom. The van der Waals surface area contributed by atoms with Crippen LogP contribution in [0.3, 0.4) is 0 Å². The molecule has 104 valence electrons. The average molecular weight is 263 g/mol. The molecular weight excluding hydrogens is 242 g/mol. The van der Waals surface area contributed by atoms with Crippen molar-refractivity contribution in [2.75, 3.05) is 20.3 Å². The van der Waals surface area contributed by atoms with Gasteiger partial charge in [-0.25, -0.2) is 0 Å². The fourth-order valence-corrected chi connectivity index (χ4v) is 2.38. The summed E-state index contributed by atoms with van der Waals surface area (Å²) in [5.74, 6) is 0.143. The van der Waals surface area contributed by atoms with Crippen LogP contribution < -0.4 is 5.73 Å². The van der Waals surface area contributed by atoms with Crippen molar-refractivity contribution in [3.63, 3.8) is 0 Å². The molecule has 0 spiro atoms. The van der Waals surface area contributed by atoms with Gasteiger partial charge < -0.3 is 15.7 Å². The molecule has 1 aromatic carbocycles. The molecule has 0 atom stereocenters. The Morgan fingerprint density at radius 2 is 2.00 bits per heavy atom. The summed E-state index contributed by atoms with van der Waals surface area (Å²) in [6.45, 7) is 2.62. The van der Waals surface area contributed by atoms with Crippen molar-refractivity contribution >= 4 is 5.84 Å². The van der Waals surface area contributed by atoms with E-state index in [1.807, 2.05) is 24.3 Å². The number of nitrogens with two attached hydrogens (primary N) is 1. The average Bonchev–Trinajstić information content (AvgIpc) is 2.48. The van der Waals surface area contributed by atoms with Crippen LogP contribution in [0.2, 0.25) is 0 Å². The molecule has 0 radical (unpaired) electrons. The van der Waals surface area contributed by atoms with Crippen LogP contribution in [0.15, 0.2) is 29.4 Å². The molecule has 0 aromatic heterocycles. The second-order valence-electron chi connectivity index (χ2n) is 4.94. The SMILES string of the molecule is CN(Cc1ccc(/C(N)=N/O)cc1)C1CCOCC1. The Labute approximate surface area is 113 Å². The van der Waals surface area contributed by atoms with Gasteiger partial charge in [-0.05, 0) is 25.5 Å². The summed E-state index contributed by atoms with van der Waals surface area (Å²) < 4.78 is 5.38. The Bertz CT molecular complexity index is 425. The van der Waals surface area contributed by atoms with Crippen LogP contribution in [0.4, 0.5) is 0 Å². The Hall–Kier alpha value is -1.59. The molecule has 1 aliphatic rings. The summed E-state index contributed by atoms with van der Waals surface area (Å²) in [6, 6.07) is 8.38. The second kappa shape index (κ2) is 6.54. The van der Waals surface area contributed by atoms with Crippen LogP contribution in [0, 0.1) is 0 Å². The van der Waals surface area contributed by atoms with Crippen molar-refractivity contribution in [2.45, 2.75) is 25.4 Å². The summed E-state index contributed by atoms with van der Waals surface area (Å²) in [4.78, 5) is 2.36. The summed E-state index contributed by atoms with van der Waals surface area (Å²) in [5.41, 5.74) is 7.50. The lowest BCUT2D eigenvalue weighted by atomic mass is 10.1. The standard InChI is InChI=1S/C14H21N3O2/c1-17(13-6-8-19-9-7-13)10-11-2-4-12(5-3-11)14(15)16-18/h2-5,13,18H,6-10H2,1H3,(H2,15,16). The topological polar surface area (TPSA) is 71.1 Å². The lowest BCUT2D eigenvalue weighted by molar-refractivity contribution is 0.0407. The maximum absolute atomic E-state index is 8.62. The summed E-state index contributed by atoms with van der Waals surface area (Å²) in [5, 5.41) is 11.6. The normalized spacial score (nSPS) is 17.9. The fourth-order valence-electron chi connectivity index (χ4n) is 2.38. The van der Waals surface area contributed by atoms with E-state index in [1.165, 1.54) is 5.56 Å². The minimum absolute atomic E-state index is 0.143. The van der Waals surface area contributed by atoms with Crippen LogP contribution in [0.25, 0.3) is 0 Å². The van der Waals surface area contributed by atoms with Crippen molar-refractivity contribution in [3.8, 4) is 0 Å². The van der Waals surface area contributed by atoms with Gasteiger partial charge in [-0.3, -0.25) is 4.90 Å². The molecule has 0 saturated carbocycles. The van der Waals surface area contributed by atoms with Crippen molar-refractivity contribution in [2.24, 2.45) is 10.9 Å². The van der Waals surface area contributed by atoms with E-state index in [-0.39, 0.29) is 5.84 Å². The van der Waals surface area contributed by atoms with Gasteiger partial charge >= 0.3 is 0 Å². The molecule has 0 aliphatic carbocycles. The lowest BCUT2D eigenvalue weighted by Gasteiger charge is -2.31. The largest absolute Gasteiger partial charge is 0.409 e. The third-order valence-corrected chi connectivity index (χ3v) is 3.60. The van der Waals surface area contributed by atoms with Gasteiger partial charge in [-0.2, -0.15) is 0 Å². The minimum Gasteiger partial charge on any atom is -0.409 e. The molecule has 5 nitrogen and oxygen atoms in total. The molecule has 1 saturated heterocycles. The third kappa shape index (κ3) is 3.68. The van der Waals surface area contributed by atoms with E-state index in [9.17, 15) is 0 Å². The summed E-state index contributed by atoms with van der Waals surface area (Å²) in [6.07, 6.45) is 2.19. The predicted octanol–water partition coefficient (Wildman–Crippen LogP) is 1.39. The van der Waals surface area contributed by atoms with E-state index < -0.39 is 0 Å². The molecule has 1 aromatic rings. The Balaban J connectivity index is 1.95. The molecular formula is C14H21N3O2. The van der Waals surface area contributed by atoms with Gasteiger partial charge in [-0.15, -0.1) is 0 Å². The zero-order valence-electron chi connectivity index (χ0n) is 11.2. The first kappa shape index (κ1) is 13.8. The second-order valence-corrected chi connectivity index (χ2v) is 4.94. The number of hydrogen-bond acceptors (Lipinski definition) is 4. The number of hydrogen-bond donors (Lipinski definition) is 2. The molecule has 1 heterocycles. The molecule has 5 heteroatoms. The molecule has 2 rings (SSSR count). The number of ether oxygens (including phenoxy) is 1. The monoisotopic (exact) mass is 263 g/mol. The van der Waals surface area contributed by atoms with E-state index in [4.69, 9.17) is 15.7 Å². The first-order chi connectivity index (χ1) is 9.20. The van der Waals surface area contributed by atoms with E-state index >= 15 is 0 Å². The first-order valence-electron chi connectivity index (χ1n) is 6.55. The van der Waals surface area contributed by atoms with Gasteiger partial charge in [0.1, 0.15) is 0 Å². The first-order valence-corrected chi connectivity index (χ1v) is 6.55. The fraction of sp³-hybridized carbons (Fsp3) is 0.500. The van der Waals surface area contributed by atoms with Crippen molar-refractivity contribution in [1.82, 2.24) is 4.90 Å². The van der Waals surface area contributed by atoms with Gasteiger partial charge in [0.25, 0.3) is 0 Å². The minimum atomic E-state index is 0.143. The Morgan fingerprint density at radius 3 is 2.58 bits per heavy atom. The maximum Gasteiger partial charge on any atom is 0.170 e. The van der Waals surface area contributed by atoms with Gasteiger partial charge in [-0.1, -0.05) is 29.4 Å². The van der Waals surface area contributed by atoms with Gasteiger partial charge in [0.2, 0.25) is 0 Å². The highest BCUT2D eigenvalue weighted by atomic mass is 16.5. The van der Waals surface area contributed by atoms with Crippen LogP contribution in [0.5, 0.6) is 0 Å². The smallest absolute Gasteiger partial charge is 0.170 e. The van der Waals surface area contributed by atoms with Crippen molar-refractivity contribution < 1.29 is 9.94 Å². The molecule has 1 fully saturated rings. The summed E-state index contributed by atoms with van der Waals surface area (Å²) >= 11 is 0. The predicted molar refractivity (Wildman–Crippen MR) is 74.3 cm³/mol. The van der Waals surface area contributed by atoms with Crippen LogP contribution in [-0.2, 0) is 11.3 Å². The molecule has 19 heavy (non-hydrogen) atoms. The molecule has 0 unspecified atom stereocenters. The van der Waals surface area contributed by atoms with Gasteiger partial charge in [0.05, 0.1) is 0 Å². The molecule has 3 N–H and O–H groups in total. The maximum atomic E-state index is 8.62. The quantitative estimate of drug-likeness (QED) is 0.373. The highest BCUT2D eigenvalue weighted by Crippen LogP contribution is 2.16. The lowest BCUT2D eigenvalue weighted by Crippen LogP contribution is -2.36. The van der Waals surface area contributed by atoms with E-state index in [1.54, 1.807) is 0 Å². The van der Waals surface area contributed by atoms with Crippen molar-refractivity contribution in [3.05, 3.63) is 35.4 Å². The van der Waals surface area contributed by atoms with Crippen molar-refractivity contribution in [1.29, 1.82) is 0 Å². The number of oxime groups is 1. The van der Waals surface area contributed by atoms with Crippen LogP contribution in [0.1, 0.15) is 24.0 Å². The van der Waals surface area contributed by atoms with Gasteiger partial charge in [0.15, 0.2) is 5.84 Å². The van der Waals surface area contributed by atoms with E-state index in [0.717, 1.165) is 38.2 Å².